The Morgan fingerprint density at radius 3 is 2.90 bits per heavy atom. The average molecular weight is 271 g/mol. The van der Waals surface area contributed by atoms with Gasteiger partial charge >= 0.3 is 0 Å². The third kappa shape index (κ3) is 2.92. The maximum atomic E-state index is 5.86. The zero-order valence-corrected chi connectivity index (χ0v) is 12.0. The van der Waals surface area contributed by atoms with Crippen LogP contribution in [-0.4, -0.2) is 28.2 Å². The summed E-state index contributed by atoms with van der Waals surface area (Å²) >= 11 is 0. The van der Waals surface area contributed by atoms with Crippen LogP contribution in [0.1, 0.15) is 19.7 Å². The van der Waals surface area contributed by atoms with Crippen molar-refractivity contribution in [2.24, 2.45) is 0 Å². The number of rotatable bonds is 4. The van der Waals surface area contributed by atoms with Gasteiger partial charge in [0, 0.05) is 24.3 Å². The molecular weight excluding hydrogens is 250 g/mol. The Morgan fingerprint density at radius 2 is 2.15 bits per heavy atom. The average Bonchev–Trinajstić information content (AvgIpc) is 2.89. The van der Waals surface area contributed by atoms with Gasteiger partial charge < -0.3 is 14.6 Å². The summed E-state index contributed by atoms with van der Waals surface area (Å²) in [5, 5.41) is 3.43. The lowest BCUT2D eigenvalue weighted by atomic mass is 10.2. The number of hydrogen-bond acceptors (Lipinski definition) is 3. The number of aromatic nitrogens is 2. The topological polar surface area (TPSA) is 39.1 Å². The van der Waals surface area contributed by atoms with Gasteiger partial charge in [0.15, 0.2) is 0 Å². The van der Waals surface area contributed by atoms with Crippen LogP contribution >= 0.6 is 0 Å². The van der Waals surface area contributed by atoms with Gasteiger partial charge in [-0.3, -0.25) is 0 Å². The SMILES string of the molecule is CC(C)NC[C@H]1Cn2cc(-c3ccccc3)nc2CO1. The fourth-order valence-electron chi connectivity index (χ4n) is 2.43. The van der Waals surface area contributed by atoms with Gasteiger partial charge in [-0.25, -0.2) is 4.98 Å². The minimum atomic E-state index is 0.225. The van der Waals surface area contributed by atoms with E-state index < -0.39 is 0 Å². The molecule has 1 atom stereocenters. The van der Waals surface area contributed by atoms with E-state index in [0.29, 0.717) is 12.6 Å². The van der Waals surface area contributed by atoms with E-state index in [0.717, 1.165) is 30.2 Å². The van der Waals surface area contributed by atoms with Crippen LogP contribution in [0.25, 0.3) is 11.3 Å². The standard InChI is InChI=1S/C16H21N3O/c1-12(2)17-8-14-9-19-10-15(18-16(19)11-20-14)13-6-4-3-5-7-13/h3-7,10,12,14,17H,8-9,11H2,1-2H3/t14-/m0/s1. The Balaban J connectivity index is 1.73. The van der Waals surface area contributed by atoms with Gasteiger partial charge in [0.2, 0.25) is 0 Å². The minimum absolute atomic E-state index is 0.225. The molecule has 0 bridgehead atoms. The van der Waals surface area contributed by atoms with Gasteiger partial charge in [0.1, 0.15) is 12.4 Å². The second-order valence-corrected chi connectivity index (χ2v) is 5.56. The number of nitrogens with one attached hydrogen (secondary N) is 1. The molecule has 0 radical (unpaired) electrons. The summed E-state index contributed by atoms with van der Waals surface area (Å²) < 4.78 is 8.08. The summed E-state index contributed by atoms with van der Waals surface area (Å²) in [6.07, 6.45) is 2.36. The van der Waals surface area contributed by atoms with Crippen LogP contribution in [0.2, 0.25) is 0 Å². The first kappa shape index (κ1) is 13.3. The van der Waals surface area contributed by atoms with Gasteiger partial charge in [0.05, 0.1) is 18.3 Å². The first-order valence-corrected chi connectivity index (χ1v) is 7.19. The summed E-state index contributed by atoms with van der Waals surface area (Å²) in [7, 11) is 0. The van der Waals surface area contributed by atoms with Crippen molar-refractivity contribution in [1.82, 2.24) is 14.9 Å². The van der Waals surface area contributed by atoms with E-state index in [2.05, 4.69) is 47.0 Å². The zero-order chi connectivity index (χ0) is 13.9. The number of ether oxygens (including phenoxy) is 1. The van der Waals surface area contributed by atoms with Crippen LogP contribution in [0.15, 0.2) is 36.5 Å². The molecular formula is C16H21N3O. The summed E-state index contributed by atoms with van der Waals surface area (Å²) in [5.74, 6) is 1.02. The van der Waals surface area contributed by atoms with Crippen molar-refractivity contribution in [2.75, 3.05) is 6.54 Å². The second-order valence-electron chi connectivity index (χ2n) is 5.56. The first-order valence-electron chi connectivity index (χ1n) is 7.19. The molecule has 4 nitrogen and oxygen atoms in total. The smallest absolute Gasteiger partial charge is 0.135 e. The molecule has 3 rings (SSSR count). The molecule has 106 valence electrons. The molecule has 1 aliphatic rings. The van der Waals surface area contributed by atoms with Crippen molar-refractivity contribution in [1.29, 1.82) is 0 Å². The van der Waals surface area contributed by atoms with Gasteiger partial charge in [-0.15, -0.1) is 0 Å². The Morgan fingerprint density at radius 1 is 1.35 bits per heavy atom. The van der Waals surface area contributed by atoms with Crippen LogP contribution in [0.4, 0.5) is 0 Å². The third-order valence-electron chi connectivity index (χ3n) is 3.53. The van der Waals surface area contributed by atoms with Crippen LogP contribution in [-0.2, 0) is 17.9 Å². The van der Waals surface area contributed by atoms with E-state index in [9.17, 15) is 0 Å². The number of hydrogen-bond donors (Lipinski definition) is 1. The Hall–Kier alpha value is -1.65. The van der Waals surface area contributed by atoms with Crippen molar-refractivity contribution in [3.8, 4) is 11.3 Å². The maximum absolute atomic E-state index is 5.86. The fraction of sp³-hybridized carbons (Fsp3) is 0.438. The molecule has 2 heterocycles. The summed E-state index contributed by atoms with van der Waals surface area (Å²) in [6.45, 7) is 6.65. The second kappa shape index (κ2) is 5.77. The lowest BCUT2D eigenvalue weighted by molar-refractivity contribution is 0.00200. The lowest BCUT2D eigenvalue weighted by Crippen LogP contribution is -2.38. The predicted molar refractivity (Wildman–Crippen MR) is 79.4 cm³/mol. The highest BCUT2D eigenvalue weighted by Crippen LogP contribution is 2.21. The molecule has 2 aromatic rings. The van der Waals surface area contributed by atoms with E-state index in [1.807, 2.05) is 18.2 Å². The van der Waals surface area contributed by atoms with Crippen LogP contribution < -0.4 is 5.32 Å². The van der Waals surface area contributed by atoms with Crippen molar-refractivity contribution in [3.05, 3.63) is 42.4 Å². The largest absolute Gasteiger partial charge is 0.367 e. The van der Waals surface area contributed by atoms with Crippen LogP contribution in [0, 0.1) is 0 Å². The monoisotopic (exact) mass is 271 g/mol. The number of nitrogens with zero attached hydrogens (tertiary/aromatic N) is 2. The van der Waals surface area contributed by atoms with Gasteiger partial charge in [0.25, 0.3) is 0 Å². The molecule has 0 saturated heterocycles. The number of benzene rings is 1. The zero-order valence-electron chi connectivity index (χ0n) is 12.0. The van der Waals surface area contributed by atoms with Gasteiger partial charge in [-0.1, -0.05) is 44.2 Å². The highest BCUT2D eigenvalue weighted by Gasteiger charge is 2.21. The van der Waals surface area contributed by atoms with Crippen molar-refractivity contribution < 1.29 is 4.74 Å². The molecule has 1 aliphatic heterocycles. The van der Waals surface area contributed by atoms with E-state index in [1.54, 1.807) is 0 Å². The highest BCUT2D eigenvalue weighted by atomic mass is 16.5. The highest BCUT2D eigenvalue weighted by molar-refractivity contribution is 5.58. The molecule has 0 saturated carbocycles. The molecule has 0 aliphatic carbocycles. The Labute approximate surface area is 119 Å². The van der Waals surface area contributed by atoms with Crippen molar-refractivity contribution in [3.63, 3.8) is 0 Å². The van der Waals surface area contributed by atoms with E-state index in [4.69, 9.17) is 4.74 Å². The number of fused-ring (bicyclic) bond motifs is 1. The van der Waals surface area contributed by atoms with E-state index in [1.165, 1.54) is 0 Å². The molecule has 0 amide bonds. The Bertz CT molecular complexity index is 562. The van der Waals surface area contributed by atoms with E-state index in [-0.39, 0.29) is 6.10 Å². The molecule has 1 aromatic carbocycles. The molecule has 4 heteroatoms. The van der Waals surface area contributed by atoms with Crippen LogP contribution in [0.3, 0.4) is 0 Å². The fourth-order valence-corrected chi connectivity index (χ4v) is 2.43. The normalized spacial score (nSPS) is 18.2. The number of imidazole rings is 1. The van der Waals surface area contributed by atoms with Crippen molar-refractivity contribution >= 4 is 0 Å². The molecule has 1 N–H and O–H groups in total. The molecule has 1 aromatic heterocycles. The molecule has 20 heavy (non-hydrogen) atoms. The lowest BCUT2D eigenvalue weighted by Gasteiger charge is -2.25. The quantitative estimate of drug-likeness (QED) is 0.928. The van der Waals surface area contributed by atoms with Gasteiger partial charge in [-0.2, -0.15) is 0 Å². The summed E-state index contributed by atoms with van der Waals surface area (Å²) in [4.78, 5) is 4.67. The van der Waals surface area contributed by atoms with Crippen LogP contribution in [0.5, 0.6) is 0 Å². The van der Waals surface area contributed by atoms with Crippen molar-refractivity contribution in [2.45, 2.75) is 39.1 Å². The summed E-state index contributed by atoms with van der Waals surface area (Å²) in [5.41, 5.74) is 2.19. The molecule has 0 fully saturated rings. The minimum Gasteiger partial charge on any atom is -0.367 e. The third-order valence-corrected chi connectivity index (χ3v) is 3.53. The van der Waals surface area contributed by atoms with E-state index >= 15 is 0 Å². The first-order chi connectivity index (χ1) is 9.72. The molecule has 0 spiro atoms. The van der Waals surface area contributed by atoms with Gasteiger partial charge in [-0.05, 0) is 0 Å². The Kier molecular flexibility index (Phi) is 3.85. The summed E-state index contributed by atoms with van der Waals surface area (Å²) in [6, 6.07) is 10.8. The maximum Gasteiger partial charge on any atom is 0.135 e. The predicted octanol–water partition coefficient (Wildman–Crippen LogP) is 2.45. The molecule has 0 unspecified atom stereocenters.